The SMILES string of the molecule is CC(C)N1CCN(CC2CC3(C2)CN(C(C)C)C3)CC1. The summed E-state index contributed by atoms with van der Waals surface area (Å²) < 4.78 is 0. The molecular weight excluding hydrogens is 246 g/mol. The van der Waals surface area contributed by atoms with Crippen LogP contribution in [0.4, 0.5) is 0 Å². The van der Waals surface area contributed by atoms with Gasteiger partial charge in [-0.05, 0) is 51.9 Å². The Kier molecular flexibility index (Phi) is 4.13. The van der Waals surface area contributed by atoms with Crippen LogP contribution in [0.2, 0.25) is 0 Å². The van der Waals surface area contributed by atoms with Gasteiger partial charge in [0.15, 0.2) is 0 Å². The summed E-state index contributed by atoms with van der Waals surface area (Å²) in [4.78, 5) is 7.97. The van der Waals surface area contributed by atoms with Gasteiger partial charge in [0, 0.05) is 57.9 Å². The normalized spacial score (nSPS) is 29.1. The number of piperazine rings is 1. The number of hydrogen-bond donors (Lipinski definition) is 0. The standard InChI is InChI=1S/C17H33N3/c1-14(2)19-7-5-18(6-8-19)11-16-9-17(10-16)12-20(13-17)15(3)4/h14-16H,5-13H2,1-4H3. The summed E-state index contributed by atoms with van der Waals surface area (Å²) in [5, 5.41) is 0. The Morgan fingerprint density at radius 3 is 1.90 bits per heavy atom. The predicted molar refractivity (Wildman–Crippen MR) is 85.0 cm³/mol. The first-order valence-electron chi connectivity index (χ1n) is 8.68. The largest absolute Gasteiger partial charge is 0.301 e. The van der Waals surface area contributed by atoms with E-state index in [1.54, 1.807) is 0 Å². The summed E-state index contributed by atoms with van der Waals surface area (Å²) in [6, 6.07) is 1.48. The highest BCUT2D eigenvalue weighted by atomic mass is 15.3. The van der Waals surface area contributed by atoms with E-state index in [0.29, 0.717) is 0 Å². The number of rotatable bonds is 4. The van der Waals surface area contributed by atoms with Gasteiger partial charge in [0.1, 0.15) is 0 Å². The molecule has 1 spiro atoms. The Hall–Kier alpha value is -0.120. The van der Waals surface area contributed by atoms with Crippen molar-refractivity contribution in [3.63, 3.8) is 0 Å². The lowest BCUT2D eigenvalue weighted by Gasteiger charge is -2.61. The molecule has 0 N–H and O–H groups in total. The average Bonchev–Trinajstić information content (AvgIpc) is 2.30. The van der Waals surface area contributed by atoms with Gasteiger partial charge in [0.2, 0.25) is 0 Å². The lowest BCUT2D eigenvalue weighted by molar-refractivity contribution is -0.114. The van der Waals surface area contributed by atoms with Crippen molar-refractivity contribution in [3.05, 3.63) is 0 Å². The van der Waals surface area contributed by atoms with Crippen LogP contribution in [-0.2, 0) is 0 Å². The number of nitrogens with zero attached hydrogens (tertiary/aromatic N) is 3. The highest BCUT2D eigenvalue weighted by molar-refractivity contribution is 5.05. The van der Waals surface area contributed by atoms with Crippen LogP contribution in [0, 0.1) is 11.3 Å². The minimum atomic E-state index is 0.723. The van der Waals surface area contributed by atoms with Gasteiger partial charge in [-0.1, -0.05) is 0 Å². The Balaban J connectivity index is 1.34. The summed E-state index contributed by atoms with van der Waals surface area (Å²) in [5.41, 5.74) is 0.745. The second-order valence-corrected chi connectivity index (χ2v) is 8.20. The lowest BCUT2D eigenvalue weighted by atomic mass is 9.57. The zero-order valence-electron chi connectivity index (χ0n) is 13.9. The maximum Gasteiger partial charge on any atom is 0.0113 e. The van der Waals surface area contributed by atoms with E-state index in [1.807, 2.05) is 0 Å². The highest BCUT2D eigenvalue weighted by Crippen LogP contribution is 2.52. The van der Waals surface area contributed by atoms with Crippen LogP contribution in [-0.4, -0.2) is 72.6 Å². The first-order valence-corrected chi connectivity index (χ1v) is 8.68. The first-order chi connectivity index (χ1) is 9.47. The Morgan fingerprint density at radius 2 is 1.40 bits per heavy atom. The van der Waals surface area contributed by atoms with E-state index in [0.717, 1.165) is 23.4 Å². The molecule has 3 rings (SSSR count). The van der Waals surface area contributed by atoms with Gasteiger partial charge < -0.3 is 4.90 Å². The number of likely N-dealkylation sites (tertiary alicyclic amines) is 1. The van der Waals surface area contributed by atoms with Crippen molar-refractivity contribution in [2.45, 2.75) is 52.6 Å². The summed E-state index contributed by atoms with van der Waals surface area (Å²) in [6.45, 7) is 18.6. The molecule has 1 saturated carbocycles. The molecule has 0 atom stereocenters. The zero-order chi connectivity index (χ0) is 14.3. The van der Waals surface area contributed by atoms with Crippen molar-refractivity contribution in [1.29, 1.82) is 0 Å². The molecule has 0 aromatic rings. The summed E-state index contributed by atoms with van der Waals surface area (Å²) >= 11 is 0. The van der Waals surface area contributed by atoms with Crippen LogP contribution in [0.5, 0.6) is 0 Å². The van der Waals surface area contributed by atoms with Crippen LogP contribution in [0.3, 0.4) is 0 Å². The monoisotopic (exact) mass is 279 g/mol. The van der Waals surface area contributed by atoms with Crippen LogP contribution < -0.4 is 0 Å². The molecule has 3 heteroatoms. The third kappa shape index (κ3) is 2.90. The van der Waals surface area contributed by atoms with E-state index < -0.39 is 0 Å². The van der Waals surface area contributed by atoms with Crippen molar-refractivity contribution < 1.29 is 0 Å². The molecule has 20 heavy (non-hydrogen) atoms. The topological polar surface area (TPSA) is 9.72 Å². The molecule has 3 aliphatic rings. The molecule has 0 aromatic carbocycles. The van der Waals surface area contributed by atoms with Crippen molar-refractivity contribution in [1.82, 2.24) is 14.7 Å². The van der Waals surface area contributed by atoms with Gasteiger partial charge in [0.05, 0.1) is 0 Å². The Labute approximate surface area is 125 Å². The predicted octanol–water partition coefficient (Wildman–Crippen LogP) is 2.13. The fourth-order valence-corrected chi connectivity index (χ4v) is 4.56. The van der Waals surface area contributed by atoms with Crippen molar-refractivity contribution in [2.24, 2.45) is 11.3 Å². The van der Waals surface area contributed by atoms with Gasteiger partial charge in [-0.25, -0.2) is 0 Å². The Bertz CT molecular complexity index is 317. The minimum Gasteiger partial charge on any atom is -0.301 e. The Morgan fingerprint density at radius 1 is 0.850 bits per heavy atom. The lowest BCUT2D eigenvalue weighted by Crippen LogP contribution is -2.65. The van der Waals surface area contributed by atoms with Gasteiger partial charge >= 0.3 is 0 Å². The molecule has 116 valence electrons. The summed E-state index contributed by atoms with van der Waals surface area (Å²) in [5.74, 6) is 0.995. The van der Waals surface area contributed by atoms with E-state index >= 15 is 0 Å². The quantitative estimate of drug-likeness (QED) is 0.780. The third-order valence-electron chi connectivity index (χ3n) is 5.90. The van der Waals surface area contributed by atoms with Gasteiger partial charge in [-0.15, -0.1) is 0 Å². The van der Waals surface area contributed by atoms with E-state index in [4.69, 9.17) is 0 Å². The second-order valence-electron chi connectivity index (χ2n) is 8.20. The second kappa shape index (κ2) is 5.58. The molecule has 3 fully saturated rings. The molecule has 0 bridgehead atoms. The van der Waals surface area contributed by atoms with Crippen molar-refractivity contribution >= 4 is 0 Å². The average molecular weight is 279 g/mol. The van der Waals surface area contributed by atoms with Crippen LogP contribution in [0.25, 0.3) is 0 Å². The van der Waals surface area contributed by atoms with E-state index in [-0.39, 0.29) is 0 Å². The number of hydrogen-bond acceptors (Lipinski definition) is 3. The van der Waals surface area contributed by atoms with E-state index in [1.165, 1.54) is 58.7 Å². The molecule has 0 radical (unpaired) electrons. The first kappa shape index (κ1) is 14.8. The van der Waals surface area contributed by atoms with Crippen LogP contribution in [0.1, 0.15) is 40.5 Å². The fourth-order valence-electron chi connectivity index (χ4n) is 4.56. The van der Waals surface area contributed by atoms with Gasteiger partial charge in [-0.3, -0.25) is 9.80 Å². The van der Waals surface area contributed by atoms with E-state index in [9.17, 15) is 0 Å². The molecule has 2 saturated heterocycles. The highest BCUT2D eigenvalue weighted by Gasteiger charge is 2.52. The maximum atomic E-state index is 2.72. The van der Waals surface area contributed by atoms with Gasteiger partial charge in [0.25, 0.3) is 0 Å². The summed E-state index contributed by atoms with van der Waals surface area (Å²) in [7, 11) is 0. The smallest absolute Gasteiger partial charge is 0.0113 e. The maximum absolute atomic E-state index is 2.72. The molecule has 1 aliphatic carbocycles. The van der Waals surface area contributed by atoms with Crippen molar-refractivity contribution in [2.75, 3.05) is 45.8 Å². The third-order valence-corrected chi connectivity index (χ3v) is 5.90. The minimum absolute atomic E-state index is 0.723. The molecule has 0 amide bonds. The summed E-state index contributed by atoms with van der Waals surface area (Å²) in [6.07, 6.45) is 3.00. The van der Waals surface area contributed by atoms with Crippen molar-refractivity contribution in [3.8, 4) is 0 Å². The molecule has 2 aliphatic heterocycles. The molecule has 0 unspecified atom stereocenters. The fraction of sp³-hybridized carbons (Fsp3) is 1.00. The van der Waals surface area contributed by atoms with Crippen LogP contribution in [0.15, 0.2) is 0 Å². The zero-order valence-corrected chi connectivity index (χ0v) is 13.9. The van der Waals surface area contributed by atoms with Crippen LogP contribution >= 0.6 is 0 Å². The van der Waals surface area contributed by atoms with E-state index in [2.05, 4.69) is 42.4 Å². The molecular formula is C17H33N3. The molecule has 2 heterocycles. The molecule has 0 aromatic heterocycles. The molecule has 3 nitrogen and oxygen atoms in total. The van der Waals surface area contributed by atoms with Gasteiger partial charge in [-0.2, -0.15) is 0 Å².